The molecule has 0 radical (unpaired) electrons. The van der Waals surface area contributed by atoms with Crippen LogP contribution in [0.4, 0.5) is 10.9 Å². The third kappa shape index (κ3) is 5.51. The highest BCUT2D eigenvalue weighted by molar-refractivity contribution is 7.18. The number of thiazole rings is 1. The summed E-state index contributed by atoms with van der Waals surface area (Å²) in [7, 11) is 1.76. The molecule has 1 aromatic heterocycles. The fourth-order valence-corrected chi connectivity index (χ4v) is 2.87. The predicted molar refractivity (Wildman–Crippen MR) is 90.0 cm³/mol. The fourth-order valence-electron chi connectivity index (χ4n) is 2.12. The van der Waals surface area contributed by atoms with Crippen molar-refractivity contribution in [2.24, 2.45) is 0 Å². The van der Waals surface area contributed by atoms with Crippen molar-refractivity contribution in [3.05, 3.63) is 4.88 Å². The third-order valence-corrected chi connectivity index (χ3v) is 4.54. The molecule has 0 spiro atoms. The molecular weight excluding hydrogens is 286 g/mol. The van der Waals surface area contributed by atoms with Gasteiger partial charge < -0.3 is 21.3 Å². The van der Waals surface area contributed by atoms with Gasteiger partial charge in [0.15, 0.2) is 5.13 Å². The van der Waals surface area contributed by atoms with Gasteiger partial charge in [-0.1, -0.05) is 25.2 Å². The van der Waals surface area contributed by atoms with Gasteiger partial charge in [0.1, 0.15) is 10.7 Å². The molecule has 1 unspecified atom stereocenters. The molecule has 0 aromatic carbocycles. The van der Waals surface area contributed by atoms with Gasteiger partial charge >= 0.3 is 0 Å². The van der Waals surface area contributed by atoms with E-state index in [1.165, 1.54) is 11.3 Å². The fraction of sp³-hybridized carbons (Fsp3) is 0.714. The van der Waals surface area contributed by atoms with Crippen LogP contribution in [0.1, 0.15) is 43.3 Å². The molecule has 0 bridgehead atoms. The number of carbonyl (C=O) groups excluding carboxylic acids is 1. The molecule has 0 aliphatic heterocycles. The van der Waals surface area contributed by atoms with E-state index in [1.54, 1.807) is 7.05 Å². The minimum atomic E-state index is -0.137. The van der Waals surface area contributed by atoms with Crippen molar-refractivity contribution >= 4 is 28.2 Å². The van der Waals surface area contributed by atoms with Crippen molar-refractivity contribution in [2.45, 2.75) is 39.7 Å². The number of carbonyl (C=O) groups is 1. The maximum Gasteiger partial charge on any atom is 0.265 e. The summed E-state index contributed by atoms with van der Waals surface area (Å²) in [6.07, 6.45) is 2.03. The second kappa shape index (κ2) is 8.84. The number of rotatable bonds is 9. The Morgan fingerprint density at radius 3 is 2.62 bits per heavy atom. The normalized spacial score (nSPS) is 12.4. The largest absolute Gasteiger partial charge is 0.382 e. The summed E-state index contributed by atoms with van der Waals surface area (Å²) in [6, 6.07) is 0.132. The molecule has 0 aliphatic rings. The Morgan fingerprint density at radius 1 is 1.43 bits per heavy atom. The zero-order valence-corrected chi connectivity index (χ0v) is 14.2. The Morgan fingerprint density at radius 2 is 2.10 bits per heavy atom. The van der Waals surface area contributed by atoms with Gasteiger partial charge in [-0.3, -0.25) is 4.79 Å². The lowest BCUT2D eigenvalue weighted by atomic mass is 10.1. The van der Waals surface area contributed by atoms with E-state index in [0.29, 0.717) is 10.0 Å². The zero-order chi connectivity index (χ0) is 15.8. The first kappa shape index (κ1) is 17.7. The first-order chi connectivity index (χ1) is 10.0. The summed E-state index contributed by atoms with van der Waals surface area (Å²) in [5.41, 5.74) is 5.76. The standard InChI is InChI=1S/C14H27N5OS/c1-5-19(6-2)9-7-8-10(3)17-13(20)11-12(15)18-14(16-4)21-11/h10H,5-9,15H2,1-4H3,(H,16,18)(H,17,20). The maximum absolute atomic E-state index is 12.2. The van der Waals surface area contributed by atoms with Crippen molar-refractivity contribution in [1.82, 2.24) is 15.2 Å². The smallest absolute Gasteiger partial charge is 0.265 e. The summed E-state index contributed by atoms with van der Waals surface area (Å²) >= 11 is 1.28. The molecule has 6 nitrogen and oxygen atoms in total. The van der Waals surface area contributed by atoms with Crippen LogP contribution in [-0.2, 0) is 0 Å². The molecule has 1 heterocycles. The van der Waals surface area contributed by atoms with Crippen LogP contribution in [0.2, 0.25) is 0 Å². The topological polar surface area (TPSA) is 83.3 Å². The number of nitrogens with two attached hydrogens (primary N) is 1. The molecule has 7 heteroatoms. The lowest BCUT2D eigenvalue weighted by molar-refractivity contribution is 0.0942. The van der Waals surface area contributed by atoms with Crippen LogP contribution in [0.15, 0.2) is 0 Å². The number of amides is 1. The van der Waals surface area contributed by atoms with Crippen molar-refractivity contribution in [2.75, 3.05) is 37.7 Å². The van der Waals surface area contributed by atoms with E-state index in [9.17, 15) is 4.79 Å². The Hall–Kier alpha value is -1.34. The van der Waals surface area contributed by atoms with E-state index in [2.05, 4.69) is 34.4 Å². The molecule has 120 valence electrons. The highest BCUT2D eigenvalue weighted by atomic mass is 32.1. The maximum atomic E-state index is 12.2. The first-order valence-electron chi connectivity index (χ1n) is 7.49. The molecule has 1 atom stereocenters. The quantitative estimate of drug-likeness (QED) is 0.649. The van der Waals surface area contributed by atoms with Crippen LogP contribution in [0, 0.1) is 0 Å². The van der Waals surface area contributed by atoms with Gasteiger partial charge in [-0.25, -0.2) is 4.98 Å². The number of nitrogens with zero attached hydrogens (tertiary/aromatic N) is 2. The molecule has 21 heavy (non-hydrogen) atoms. The zero-order valence-electron chi connectivity index (χ0n) is 13.4. The van der Waals surface area contributed by atoms with Gasteiger partial charge in [0.2, 0.25) is 0 Å². The van der Waals surface area contributed by atoms with Crippen LogP contribution in [0.3, 0.4) is 0 Å². The van der Waals surface area contributed by atoms with Crippen molar-refractivity contribution in [3.63, 3.8) is 0 Å². The van der Waals surface area contributed by atoms with Crippen LogP contribution in [0.5, 0.6) is 0 Å². The summed E-state index contributed by atoms with van der Waals surface area (Å²) in [5, 5.41) is 6.55. The highest BCUT2D eigenvalue weighted by Gasteiger charge is 2.17. The van der Waals surface area contributed by atoms with Gasteiger partial charge in [0.05, 0.1) is 0 Å². The van der Waals surface area contributed by atoms with E-state index in [-0.39, 0.29) is 17.8 Å². The van der Waals surface area contributed by atoms with Crippen molar-refractivity contribution in [3.8, 4) is 0 Å². The number of nitrogen functional groups attached to an aromatic ring is 1. The van der Waals surface area contributed by atoms with Crippen LogP contribution < -0.4 is 16.4 Å². The minimum absolute atomic E-state index is 0.132. The molecule has 1 rings (SSSR count). The highest BCUT2D eigenvalue weighted by Crippen LogP contribution is 2.24. The van der Waals surface area contributed by atoms with Crippen LogP contribution in [0.25, 0.3) is 0 Å². The molecule has 0 saturated carbocycles. The summed E-state index contributed by atoms with van der Waals surface area (Å²) < 4.78 is 0. The Labute approximate surface area is 131 Å². The molecule has 0 saturated heterocycles. The van der Waals surface area contributed by atoms with Gasteiger partial charge in [0, 0.05) is 13.1 Å². The Balaban J connectivity index is 2.41. The van der Waals surface area contributed by atoms with Gasteiger partial charge in [-0.15, -0.1) is 0 Å². The second-order valence-electron chi connectivity index (χ2n) is 5.03. The Bertz CT molecular complexity index is 445. The average Bonchev–Trinajstić information content (AvgIpc) is 2.85. The predicted octanol–water partition coefficient (Wildman–Crippen LogP) is 2.01. The third-order valence-electron chi connectivity index (χ3n) is 3.46. The molecule has 1 aromatic rings. The summed E-state index contributed by atoms with van der Waals surface area (Å²) in [6.45, 7) is 9.57. The molecule has 1 amide bonds. The van der Waals surface area contributed by atoms with Crippen LogP contribution >= 0.6 is 11.3 Å². The first-order valence-corrected chi connectivity index (χ1v) is 8.30. The number of aromatic nitrogens is 1. The number of anilines is 2. The lowest BCUT2D eigenvalue weighted by Crippen LogP contribution is -2.33. The van der Waals surface area contributed by atoms with Crippen molar-refractivity contribution < 1.29 is 4.79 Å². The van der Waals surface area contributed by atoms with E-state index in [1.807, 2.05) is 6.92 Å². The number of hydrogen-bond acceptors (Lipinski definition) is 6. The average molecular weight is 313 g/mol. The van der Waals surface area contributed by atoms with Gasteiger partial charge in [-0.05, 0) is 39.4 Å². The van der Waals surface area contributed by atoms with Gasteiger partial charge in [-0.2, -0.15) is 0 Å². The van der Waals surface area contributed by atoms with Gasteiger partial charge in [0.25, 0.3) is 5.91 Å². The SMILES string of the molecule is CCN(CC)CCCC(C)NC(=O)c1sc(NC)nc1N. The minimum Gasteiger partial charge on any atom is -0.382 e. The molecular formula is C14H27N5OS. The van der Waals surface area contributed by atoms with E-state index in [4.69, 9.17) is 5.73 Å². The molecule has 0 aliphatic carbocycles. The van der Waals surface area contributed by atoms with Crippen LogP contribution in [-0.4, -0.2) is 48.5 Å². The van der Waals surface area contributed by atoms with E-state index >= 15 is 0 Å². The monoisotopic (exact) mass is 313 g/mol. The molecule has 4 N–H and O–H groups in total. The lowest BCUT2D eigenvalue weighted by Gasteiger charge is -2.19. The summed E-state index contributed by atoms with van der Waals surface area (Å²) in [5.74, 6) is 0.152. The van der Waals surface area contributed by atoms with E-state index < -0.39 is 0 Å². The summed E-state index contributed by atoms with van der Waals surface area (Å²) in [4.78, 5) is 19.1. The Kier molecular flexibility index (Phi) is 7.45. The molecule has 0 fully saturated rings. The number of hydrogen-bond donors (Lipinski definition) is 3. The number of nitrogens with one attached hydrogen (secondary N) is 2. The van der Waals surface area contributed by atoms with E-state index in [0.717, 1.165) is 32.5 Å². The van der Waals surface area contributed by atoms with Crippen molar-refractivity contribution in [1.29, 1.82) is 0 Å². The second-order valence-corrected chi connectivity index (χ2v) is 6.03.